The SMILES string of the molecule is CC(C)[Si](C#Cc1c(F)ccc2cc(O)cc(-c3nc(-c4cncc(N5CCOCC5)c4)c4c(N5C[C@H]6CC[C@@H](C5)N6)nc(OC[C@]56CCCN5C[C@@H](F)C6)nc4c3F)c12)(C(C)C)C(C)C.Cl. The second kappa shape index (κ2) is 18.6. The van der Waals surface area contributed by atoms with Gasteiger partial charge in [0.05, 0.1) is 47.3 Å². The van der Waals surface area contributed by atoms with Gasteiger partial charge in [-0.25, -0.2) is 18.2 Å². The molecular formula is C51H62ClF3N8O3Si. The normalized spacial score (nSPS) is 23.1. The minimum atomic E-state index is -2.36. The summed E-state index contributed by atoms with van der Waals surface area (Å²) in [4.78, 5) is 26.6. The first-order valence-corrected chi connectivity index (χ1v) is 26.2. The number of alkyl halides is 1. The summed E-state index contributed by atoms with van der Waals surface area (Å²) in [5.74, 6) is 2.39. The van der Waals surface area contributed by atoms with E-state index in [1.54, 1.807) is 24.5 Å². The van der Waals surface area contributed by atoms with Crippen molar-refractivity contribution in [2.24, 2.45) is 0 Å². The number of aromatic hydroxyl groups is 1. The second-order valence-corrected chi connectivity index (χ2v) is 25.9. The number of hydrogen-bond acceptors (Lipinski definition) is 11. The molecule has 0 spiro atoms. The van der Waals surface area contributed by atoms with E-state index in [9.17, 15) is 9.50 Å². The number of piperazine rings is 1. The maximum absolute atomic E-state index is 18.4. The van der Waals surface area contributed by atoms with Crippen LogP contribution in [0, 0.1) is 23.1 Å². The summed E-state index contributed by atoms with van der Waals surface area (Å²) in [5.41, 5.74) is 6.07. The third-order valence-electron chi connectivity index (χ3n) is 15.4. The monoisotopic (exact) mass is 954 g/mol. The molecule has 2 bridgehead atoms. The van der Waals surface area contributed by atoms with Crippen LogP contribution in [0.25, 0.3) is 44.2 Å². The Kier molecular flexibility index (Phi) is 13.2. The van der Waals surface area contributed by atoms with Gasteiger partial charge in [-0.3, -0.25) is 9.88 Å². The number of phenols is 1. The van der Waals surface area contributed by atoms with E-state index in [2.05, 4.69) is 73.0 Å². The van der Waals surface area contributed by atoms with Gasteiger partial charge < -0.3 is 29.7 Å². The van der Waals surface area contributed by atoms with Crippen molar-refractivity contribution in [3.05, 3.63) is 59.9 Å². The molecule has 5 saturated heterocycles. The molecule has 5 aromatic rings. The van der Waals surface area contributed by atoms with Crippen molar-refractivity contribution in [2.75, 3.05) is 68.9 Å². The van der Waals surface area contributed by atoms with Crippen molar-refractivity contribution < 1.29 is 27.8 Å². The van der Waals surface area contributed by atoms with E-state index >= 15 is 8.78 Å². The number of halogens is 4. The van der Waals surface area contributed by atoms with Crippen LogP contribution in [0.3, 0.4) is 0 Å². The Balaban J connectivity index is 0.00000562. The Bertz CT molecular complexity index is 2710. The molecular weight excluding hydrogens is 893 g/mol. The molecule has 2 N–H and O–H groups in total. The summed E-state index contributed by atoms with van der Waals surface area (Å²) in [6, 6.07) is 8.38. The fourth-order valence-corrected chi connectivity index (χ4v) is 17.5. The maximum Gasteiger partial charge on any atom is 0.319 e. The average Bonchev–Trinajstić information content (AvgIpc) is 3.95. The Morgan fingerprint density at radius 3 is 2.34 bits per heavy atom. The number of benzene rings is 2. The number of nitrogens with one attached hydrogen (secondary N) is 1. The van der Waals surface area contributed by atoms with Crippen LogP contribution in [0.1, 0.15) is 79.2 Å². The van der Waals surface area contributed by atoms with Crippen LogP contribution < -0.4 is 19.9 Å². The number of morpholine rings is 1. The van der Waals surface area contributed by atoms with Crippen molar-refractivity contribution in [3.63, 3.8) is 0 Å². The molecule has 5 aliphatic heterocycles. The molecule has 3 aromatic heterocycles. The number of aromatic nitrogens is 4. The summed E-state index contributed by atoms with van der Waals surface area (Å²) in [6.45, 7) is 18.3. The Labute approximate surface area is 398 Å². The van der Waals surface area contributed by atoms with Crippen LogP contribution in [0.2, 0.25) is 16.6 Å². The molecule has 4 atom stereocenters. The van der Waals surface area contributed by atoms with E-state index in [0.717, 1.165) is 37.9 Å². The van der Waals surface area contributed by atoms with Gasteiger partial charge in [-0.2, -0.15) is 9.97 Å². The van der Waals surface area contributed by atoms with E-state index in [1.165, 1.54) is 12.1 Å². The molecule has 0 saturated carbocycles. The van der Waals surface area contributed by atoms with Crippen LogP contribution in [-0.4, -0.2) is 121 Å². The van der Waals surface area contributed by atoms with Gasteiger partial charge >= 0.3 is 6.01 Å². The molecule has 0 aliphatic carbocycles. The molecule has 16 heteroatoms. The molecule has 0 unspecified atom stereocenters. The number of phenolic OH excluding ortho intramolecular Hbond substituents is 1. The number of hydrogen-bond donors (Lipinski definition) is 2. The Hall–Kier alpha value is -4.72. The molecule has 8 heterocycles. The zero-order chi connectivity index (χ0) is 46.1. The van der Waals surface area contributed by atoms with Crippen LogP contribution in [0.15, 0.2) is 42.7 Å². The highest BCUT2D eigenvalue weighted by atomic mass is 35.5. The molecule has 5 fully saturated rings. The van der Waals surface area contributed by atoms with Crippen molar-refractivity contribution in [1.29, 1.82) is 0 Å². The molecule has 2 aromatic carbocycles. The Morgan fingerprint density at radius 2 is 1.63 bits per heavy atom. The summed E-state index contributed by atoms with van der Waals surface area (Å²) in [5, 5.41) is 16.3. The predicted octanol–water partition coefficient (Wildman–Crippen LogP) is 9.61. The first-order chi connectivity index (χ1) is 31.7. The van der Waals surface area contributed by atoms with Gasteiger partial charge in [0.25, 0.3) is 0 Å². The van der Waals surface area contributed by atoms with Gasteiger partial charge in [-0.1, -0.05) is 53.5 Å². The quantitative estimate of drug-likeness (QED) is 0.103. The van der Waals surface area contributed by atoms with Crippen molar-refractivity contribution in [3.8, 4) is 45.7 Å². The van der Waals surface area contributed by atoms with Gasteiger partial charge in [0, 0.05) is 73.9 Å². The zero-order valence-corrected chi connectivity index (χ0v) is 41.2. The predicted molar refractivity (Wildman–Crippen MR) is 264 cm³/mol. The second-order valence-electron chi connectivity index (χ2n) is 20.3. The third-order valence-corrected chi connectivity index (χ3v) is 21.7. The molecule has 356 valence electrons. The van der Waals surface area contributed by atoms with Gasteiger partial charge in [-0.05, 0) is 78.5 Å². The highest BCUT2D eigenvalue weighted by Crippen LogP contribution is 2.46. The maximum atomic E-state index is 18.4. The Morgan fingerprint density at radius 1 is 0.896 bits per heavy atom. The van der Waals surface area contributed by atoms with Crippen molar-refractivity contribution in [1.82, 2.24) is 30.2 Å². The lowest BCUT2D eigenvalue weighted by molar-refractivity contribution is 0.107. The fraction of sp³-hybridized carbons (Fsp3) is 0.529. The number of nitrogens with zero attached hydrogens (tertiary/aromatic N) is 7. The number of ether oxygens (including phenoxy) is 2. The van der Waals surface area contributed by atoms with Crippen LogP contribution in [0.4, 0.5) is 24.7 Å². The van der Waals surface area contributed by atoms with Gasteiger partial charge in [0.2, 0.25) is 0 Å². The molecule has 0 radical (unpaired) electrons. The van der Waals surface area contributed by atoms with E-state index in [4.69, 9.17) is 29.4 Å². The highest BCUT2D eigenvalue weighted by Gasteiger charge is 2.49. The summed E-state index contributed by atoms with van der Waals surface area (Å²) >= 11 is 0. The number of fused-ring (bicyclic) bond motifs is 5. The molecule has 5 aliphatic rings. The highest BCUT2D eigenvalue weighted by molar-refractivity contribution is 6.90. The van der Waals surface area contributed by atoms with Crippen LogP contribution in [-0.2, 0) is 4.74 Å². The van der Waals surface area contributed by atoms with E-state index < -0.39 is 31.4 Å². The summed E-state index contributed by atoms with van der Waals surface area (Å²) < 4.78 is 62.1. The van der Waals surface area contributed by atoms with Gasteiger partial charge in [-0.15, -0.1) is 18.0 Å². The van der Waals surface area contributed by atoms with Crippen LogP contribution in [0.5, 0.6) is 11.8 Å². The first-order valence-electron chi connectivity index (χ1n) is 24.0. The molecule has 11 nitrogen and oxygen atoms in total. The number of anilines is 2. The molecule has 10 rings (SSSR count). The van der Waals surface area contributed by atoms with Gasteiger partial charge in [0.15, 0.2) is 5.82 Å². The number of pyridine rings is 2. The van der Waals surface area contributed by atoms with E-state index in [-0.39, 0.29) is 81.8 Å². The molecule has 67 heavy (non-hydrogen) atoms. The average molecular weight is 956 g/mol. The topological polar surface area (TPSA) is 112 Å². The van der Waals surface area contributed by atoms with E-state index in [0.29, 0.717) is 85.6 Å². The van der Waals surface area contributed by atoms with E-state index in [1.807, 2.05) is 6.07 Å². The smallest absolute Gasteiger partial charge is 0.319 e. The lowest BCUT2D eigenvalue weighted by Gasteiger charge is -2.38. The minimum absolute atomic E-state index is 0. The summed E-state index contributed by atoms with van der Waals surface area (Å²) in [6.07, 6.45) is 6.67. The number of rotatable bonds is 10. The first kappa shape index (κ1) is 47.3. The standard InChI is InChI=1S/C51H61F3N8O3Si.ClH/c1-30(2)66(31(3)4,32(5)6)19-12-40-42(53)11-8-33-21-39(63)22-41(43(33)40)47-45(54)48-44(46(57-47)34-20-38(25-55-24-34)60-15-17-64-18-16-60)49(61-27-36-9-10-37(28-61)56-36)59-50(58-48)65-29-51-13-7-14-62(51)26-35(52)23-51;/h8,11,20-22,24-25,30-32,35-37,56,63H,7,9-10,13-18,23,26-29H2,1-6H3;1H/t35-,36-,37+,51+;/m0./s1. The third kappa shape index (κ3) is 8.49. The van der Waals surface area contributed by atoms with Gasteiger partial charge in [0.1, 0.15) is 49.4 Å². The molecule has 0 amide bonds. The van der Waals surface area contributed by atoms with Crippen molar-refractivity contribution >= 4 is 53.7 Å². The zero-order valence-electron chi connectivity index (χ0n) is 39.3. The largest absolute Gasteiger partial charge is 0.508 e. The summed E-state index contributed by atoms with van der Waals surface area (Å²) in [7, 11) is -2.36. The minimum Gasteiger partial charge on any atom is -0.508 e. The van der Waals surface area contributed by atoms with Crippen molar-refractivity contribution in [2.45, 2.75) is 114 Å². The fourth-order valence-electron chi connectivity index (χ4n) is 12.3. The van der Waals surface area contributed by atoms with Crippen LogP contribution >= 0.6 is 12.4 Å². The lowest BCUT2D eigenvalue weighted by atomic mass is 9.95. The lowest BCUT2D eigenvalue weighted by Crippen LogP contribution is -2.51.